The molecule has 1 unspecified atom stereocenters. The molecule has 0 saturated heterocycles. The predicted octanol–water partition coefficient (Wildman–Crippen LogP) is 3.50. The molecule has 1 atom stereocenters. The lowest BCUT2D eigenvalue weighted by molar-refractivity contribution is 0.408. The first-order valence-electron chi connectivity index (χ1n) is 7.71. The largest absolute Gasteiger partial charge is 0.496 e. The van der Waals surface area contributed by atoms with Gasteiger partial charge in [-0.3, -0.25) is 4.98 Å². The first kappa shape index (κ1) is 16.6. The summed E-state index contributed by atoms with van der Waals surface area (Å²) in [7, 11) is 1.57. The fourth-order valence-corrected chi connectivity index (χ4v) is 2.63. The molecule has 2 heterocycles. The molecule has 3 rings (SSSR count). The van der Waals surface area contributed by atoms with Gasteiger partial charge in [0.2, 0.25) is 0 Å². The summed E-state index contributed by atoms with van der Waals surface area (Å²) in [6, 6.07) is 8.05. The number of hydrogen-bond acceptors (Lipinski definition) is 6. The van der Waals surface area contributed by atoms with Gasteiger partial charge >= 0.3 is 0 Å². The molecule has 0 saturated carbocycles. The molecule has 0 radical (unpaired) electrons. The van der Waals surface area contributed by atoms with Crippen LogP contribution in [-0.2, 0) is 0 Å². The molecule has 0 spiro atoms. The van der Waals surface area contributed by atoms with E-state index >= 15 is 0 Å². The van der Waals surface area contributed by atoms with Crippen molar-refractivity contribution in [3.8, 4) is 5.75 Å². The number of halogens is 1. The molecule has 0 bridgehead atoms. The van der Waals surface area contributed by atoms with Crippen molar-refractivity contribution in [2.45, 2.75) is 12.8 Å². The molecule has 25 heavy (non-hydrogen) atoms. The summed E-state index contributed by atoms with van der Waals surface area (Å²) in [4.78, 5) is 12.5. The standard InChI is InChI=1S/C18H18FN5O/c1-11(12-3-5-13(19)6-4-12)17-14(25-2)9-15(24-18(17)20)23-16-10-21-7-8-22-16/h3-11H,1-2H3,(H3,20,22,23,24). The predicted molar refractivity (Wildman–Crippen MR) is 94.4 cm³/mol. The van der Waals surface area contributed by atoms with E-state index in [2.05, 4.69) is 20.3 Å². The van der Waals surface area contributed by atoms with Crippen LogP contribution in [0.3, 0.4) is 0 Å². The first-order chi connectivity index (χ1) is 12.1. The zero-order valence-electron chi connectivity index (χ0n) is 13.9. The monoisotopic (exact) mass is 339 g/mol. The summed E-state index contributed by atoms with van der Waals surface area (Å²) in [5.74, 6) is 1.60. The van der Waals surface area contributed by atoms with E-state index in [1.807, 2.05) is 6.92 Å². The molecule has 0 aliphatic heterocycles. The lowest BCUT2D eigenvalue weighted by Crippen LogP contribution is -2.08. The van der Waals surface area contributed by atoms with Crippen molar-refractivity contribution in [1.29, 1.82) is 0 Å². The molecular formula is C18H18FN5O. The summed E-state index contributed by atoms with van der Waals surface area (Å²) in [6.45, 7) is 1.97. The van der Waals surface area contributed by atoms with Crippen molar-refractivity contribution in [1.82, 2.24) is 15.0 Å². The summed E-state index contributed by atoms with van der Waals surface area (Å²) >= 11 is 0. The number of anilines is 3. The summed E-state index contributed by atoms with van der Waals surface area (Å²) < 4.78 is 18.7. The Balaban J connectivity index is 1.95. The SMILES string of the molecule is COc1cc(Nc2cnccn2)nc(N)c1C(C)c1ccc(F)cc1. The second-order valence-corrected chi connectivity index (χ2v) is 5.50. The number of methoxy groups -OCH3 is 1. The van der Waals surface area contributed by atoms with Gasteiger partial charge in [0.1, 0.15) is 29.0 Å². The Hall–Kier alpha value is -3.22. The number of nitrogens with two attached hydrogens (primary N) is 1. The van der Waals surface area contributed by atoms with Crippen molar-refractivity contribution in [3.63, 3.8) is 0 Å². The highest BCUT2D eigenvalue weighted by Gasteiger charge is 2.19. The van der Waals surface area contributed by atoms with E-state index < -0.39 is 0 Å². The van der Waals surface area contributed by atoms with E-state index in [-0.39, 0.29) is 11.7 Å². The lowest BCUT2D eigenvalue weighted by Gasteiger charge is -2.19. The van der Waals surface area contributed by atoms with Crippen LogP contribution in [0.25, 0.3) is 0 Å². The van der Waals surface area contributed by atoms with Crippen LogP contribution in [0.2, 0.25) is 0 Å². The third-order valence-electron chi connectivity index (χ3n) is 3.89. The maximum Gasteiger partial charge on any atom is 0.150 e. The Labute approximate surface area is 144 Å². The van der Waals surface area contributed by atoms with Gasteiger partial charge in [-0.1, -0.05) is 19.1 Å². The van der Waals surface area contributed by atoms with Gasteiger partial charge in [-0.05, 0) is 17.7 Å². The maximum absolute atomic E-state index is 13.2. The van der Waals surface area contributed by atoms with Crippen molar-refractivity contribution in [2.24, 2.45) is 0 Å². The highest BCUT2D eigenvalue weighted by molar-refractivity contribution is 5.63. The first-order valence-corrected chi connectivity index (χ1v) is 7.71. The van der Waals surface area contributed by atoms with Crippen LogP contribution in [0, 0.1) is 5.82 Å². The minimum Gasteiger partial charge on any atom is -0.496 e. The second-order valence-electron chi connectivity index (χ2n) is 5.50. The molecule has 0 aliphatic rings. The third kappa shape index (κ3) is 3.65. The number of nitrogens with zero attached hydrogens (tertiary/aromatic N) is 3. The van der Waals surface area contributed by atoms with Crippen molar-refractivity contribution in [2.75, 3.05) is 18.2 Å². The zero-order chi connectivity index (χ0) is 17.8. The number of ether oxygens (including phenoxy) is 1. The zero-order valence-corrected chi connectivity index (χ0v) is 13.9. The smallest absolute Gasteiger partial charge is 0.150 e. The molecule has 2 aromatic heterocycles. The number of nitrogens with one attached hydrogen (secondary N) is 1. The van der Waals surface area contributed by atoms with Crippen LogP contribution in [0.5, 0.6) is 5.75 Å². The fourth-order valence-electron chi connectivity index (χ4n) is 2.63. The Morgan fingerprint density at radius 3 is 2.56 bits per heavy atom. The molecule has 128 valence electrons. The summed E-state index contributed by atoms with van der Waals surface area (Å²) in [5.41, 5.74) is 7.85. The number of benzene rings is 1. The van der Waals surface area contributed by atoms with E-state index in [9.17, 15) is 4.39 Å². The number of nitrogen functional groups attached to an aromatic ring is 1. The molecule has 6 nitrogen and oxygen atoms in total. The molecule has 0 fully saturated rings. The Bertz CT molecular complexity index is 855. The molecule has 1 aromatic carbocycles. The molecular weight excluding hydrogens is 321 g/mol. The summed E-state index contributed by atoms with van der Waals surface area (Å²) in [6.07, 6.45) is 4.74. The molecule has 7 heteroatoms. The minimum atomic E-state index is -0.280. The number of pyridine rings is 1. The van der Waals surface area contributed by atoms with Gasteiger partial charge < -0.3 is 15.8 Å². The van der Waals surface area contributed by atoms with Crippen LogP contribution in [0.1, 0.15) is 24.0 Å². The van der Waals surface area contributed by atoms with Crippen LogP contribution in [-0.4, -0.2) is 22.1 Å². The molecule has 0 amide bonds. The van der Waals surface area contributed by atoms with E-state index in [1.165, 1.54) is 12.1 Å². The highest BCUT2D eigenvalue weighted by Crippen LogP contribution is 2.37. The molecule has 3 aromatic rings. The fraction of sp³-hybridized carbons (Fsp3) is 0.167. The summed E-state index contributed by atoms with van der Waals surface area (Å²) in [5, 5.41) is 3.04. The average Bonchev–Trinajstić information content (AvgIpc) is 2.62. The quantitative estimate of drug-likeness (QED) is 0.740. The normalized spacial score (nSPS) is 11.8. The molecule has 3 N–H and O–H groups in total. The topological polar surface area (TPSA) is 86.0 Å². The van der Waals surface area contributed by atoms with Gasteiger partial charge in [0, 0.05) is 29.9 Å². The van der Waals surface area contributed by atoms with Gasteiger partial charge in [-0.25, -0.2) is 14.4 Å². The maximum atomic E-state index is 13.2. The minimum absolute atomic E-state index is 0.103. The second kappa shape index (κ2) is 7.12. The van der Waals surface area contributed by atoms with E-state index in [4.69, 9.17) is 10.5 Å². The Morgan fingerprint density at radius 1 is 1.16 bits per heavy atom. The van der Waals surface area contributed by atoms with Crippen LogP contribution < -0.4 is 15.8 Å². The number of hydrogen-bond donors (Lipinski definition) is 2. The van der Waals surface area contributed by atoms with Gasteiger partial charge in [0.25, 0.3) is 0 Å². The van der Waals surface area contributed by atoms with Crippen LogP contribution in [0.4, 0.5) is 21.8 Å². The van der Waals surface area contributed by atoms with Crippen LogP contribution in [0.15, 0.2) is 48.9 Å². The Kier molecular flexibility index (Phi) is 4.74. The van der Waals surface area contributed by atoms with Crippen molar-refractivity contribution < 1.29 is 9.13 Å². The van der Waals surface area contributed by atoms with Gasteiger partial charge in [-0.15, -0.1) is 0 Å². The van der Waals surface area contributed by atoms with Gasteiger partial charge in [0.05, 0.1) is 13.3 Å². The van der Waals surface area contributed by atoms with E-state index in [0.717, 1.165) is 11.1 Å². The Morgan fingerprint density at radius 2 is 1.92 bits per heavy atom. The number of aromatic nitrogens is 3. The van der Waals surface area contributed by atoms with E-state index in [0.29, 0.717) is 23.2 Å². The van der Waals surface area contributed by atoms with Crippen molar-refractivity contribution >= 4 is 17.5 Å². The highest BCUT2D eigenvalue weighted by atomic mass is 19.1. The third-order valence-corrected chi connectivity index (χ3v) is 3.89. The average molecular weight is 339 g/mol. The lowest BCUT2D eigenvalue weighted by atomic mass is 9.92. The van der Waals surface area contributed by atoms with Crippen molar-refractivity contribution in [3.05, 3.63) is 65.9 Å². The number of rotatable bonds is 5. The van der Waals surface area contributed by atoms with E-state index in [1.54, 1.807) is 43.9 Å². The van der Waals surface area contributed by atoms with Gasteiger partial charge in [0.15, 0.2) is 0 Å². The molecule has 0 aliphatic carbocycles. The van der Waals surface area contributed by atoms with Crippen LogP contribution >= 0.6 is 0 Å². The van der Waals surface area contributed by atoms with Gasteiger partial charge in [-0.2, -0.15) is 0 Å².